The van der Waals surface area contributed by atoms with Gasteiger partial charge in [-0.25, -0.2) is 0 Å². The number of rotatable bonds is 3. The van der Waals surface area contributed by atoms with Crippen LogP contribution in [0, 0.1) is 0 Å². The first kappa shape index (κ1) is 11.6. The van der Waals surface area contributed by atoms with Crippen LogP contribution in [-0.2, 0) is 9.53 Å². The monoisotopic (exact) mass is 181 g/mol. The van der Waals surface area contributed by atoms with Crippen LogP contribution in [0.2, 0.25) is 0 Å². The van der Waals surface area contributed by atoms with Crippen molar-refractivity contribution in [2.75, 3.05) is 0 Å². The summed E-state index contributed by atoms with van der Waals surface area (Å²) in [6.07, 6.45) is 1.64. The van der Waals surface area contributed by atoms with Crippen LogP contribution >= 0.6 is 0 Å². The Kier molecular flexibility index (Phi) is 4.74. The minimum absolute atomic E-state index is 0.297. The Labute approximate surface area is 78.8 Å². The first-order valence-corrected chi connectivity index (χ1v) is 4.03. The lowest BCUT2D eigenvalue weighted by molar-refractivity contribution is -0.136. The maximum absolute atomic E-state index is 10.6. The van der Waals surface area contributed by atoms with E-state index in [1.54, 1.807) is 13.1 Å². The van der Waals surface area contributed by atoms with Crippen LogP contribution in [0.1, 0.15) is 27.7 Å². The predicted octanol–water partition coefficient (Wildman–Crippen LogP) is 2.45. The molecule has 0 atom stereocenters. The number of hydrogen-bond donors (Lipinski definition) is 0. The van der Waals surface area contributed by atoms with Crippen LogP contribution in [0.3, 0.4) is 0 Å². The second-order valence-corrected chi connectivity index (χ2v) is 2.75. The van der Waals surface area contributed by atoms with Crippen molar-refractivity contribution in [2.45, 2.75) is 27.7 Å². The molecule has 0 N–H and O–H groups in total. The Morgan fingerprint density at radius 1 is 1.38 bits per heavy atom. The highest BCUT2D eigenvalue weighted by Crippen LogP contribution is 2.15. The first-order chi connectivity index (χ1) is 5.99. The molecule has 0 unspecified atom stereocenters. The highest BCUT2D eigenvalue weighted by Gasteiger charge is 2.06. The standard InChI is InChI=1S/C10H15NO2/c1-6-11-10(7(2)3)8(4)13-9(5)12/h6H,4H2,1-3,5H3/b11-6-. The van der Waals surface area contributed by atoms with Crippen molar-refractivity contribution in [2.24, 2.45) is 4.99 Å². The Morgan fingerprint density at radius 2 is 1.92 bits per heavy atom. The highest BCUT2D eigenvalue weighted by molar-refractivity contribution is 5.68. The quantitative estimate of drug-likeness (QED) is 0.290. The topological polar surface area (TPSA) is 38.7 Å². The van der Waals surface area contributed by atoms with Gasteiger partial charge in [0, 0.05) is 13.1 Å². The molecule has 13 heavy (non-hydrogen) atoms. The summed E-state index contributed by atoms with van der Waals surface area (Å²) in [6, 6.07) is 0. The summed E-state index contributed by atoms with van der Waals surface area (Å²) in [4.78, 5) is 14.7. The molecule has 0 aromatic heterocycles. The number of aliphatic imine (C=N–C) groups is 1. The molecule has 0 bridgehead atoms. The molecular weight excluding hydrogens is 166 g/mol. The molecule has 0 heterocycles. The molecule has 0 aliphatic rings. The molecule has 0 spiro atoms. The van der Waals surface area contributed by atoms with Crippen molar-refractivity contribution in [3.05, 3.63) is 23.6 Å². The number of carbonyl (C=O) groups excluding carboxylic acids is 1. The van der Waals surface area contributed by atoms with E-state index in [9.17, 15) is 4.79 Å². The fourth-order valence-corrected chi connectivity index (χ4v) is 0.831. The number of hydrogen-bond acceptors (Lipinski definition) is 3. The Hall–Kier alpha value is -1.38. The minimum atomic E-state index is -0.380. The molecule has 0 aliphatic heterocycles. The van der Waals surface area contributed by atoms with Gasteiger partial charge < -0.3 is 4.74 Å². The van der Waals surface area contributed by atoms with Gasteiger partial charge in [-0.15, -0.1) is 0 Å². The van der Waals surface area contributed by atoms with Crippen LogP contribution in [0.25, 0.3) is 0 Å². The van der Waals surface area contributed by atoms with Crippen molar-refractivity contribution in [1.82, 2.24) is 0 Å². The van der Waals surface area contributed by atoms with Crippen molar-refractivity contribution in [1.29, 1.82) is 0 Å². The van der Waals surface area contributed by atoms with E-state index in [0.29, 0.717) is 11.5 Å². The van der Waals surface area contributed by atoms with Gasteiger partial charge in [0.25, 0.3) is 0 Å². The average Bonchev–Trinajstić information content (AvgIpc) is 1.97. The number of esters is 1. The number of allylic oxidation sites excluding steroid dienone is 1. The van der Waals surface area contributed by atoms with E-state index in [2.05, 4.69) is 11.6 Å². The molecule has 0 fully saturated rings. The predicted molar refractivity (Wildman–Crippen MR) is 53.4 cm³/mol. The second-order valence-electron chi connectivity index (χ2n) is 2.75. The lowest BCUT2D eigenvalue weighted by atomic mass is 10.2. The lowest BCUT2D eigenvalue weighted by Gasteiger charge is -2.06. The smallest absolute Gasteiger partial charge is 0.308 e. The Bertz CT molecular complexity index is 271. The van der Waals surface area contributed by atoms with Gasteiger partial charge in [0.1, 0.15) is 11.5 Å². The first-order valence-electron chi connectivity index (χ1n) is 4.03. The van der Waals surface area contributed by atoms with E-state index in [4.69, 9.17) is 4.74 Å². The number of carbonyl (C=O) groups is 1. The summed E-state index contributed by atoms with van der Waals surface area (Å²) in [5.74, 6) is -0.0827. The normalized spacial score (nSPS) is 9.85. The summed E-state index contributed by atoms with van der Waals surface area (Å²) < 4.78 is 4.82. The Balaban J connectivity index is 4.69. The third-order valence-corrected chi connectivity index (χ3v) is 1.26. The minimum Gasteiger partial charge on any atom is -0.425 e. The summed E-state index contributed by atoms with van der Waals surface area (Å²) in [5, 5.41) is 0. The van der Waals surface area contributed by atoms with Crippen LogP contribution in [0.5, 0.6) is 0 Å². The zero-order chi connectivity index (χ0) is 10.4. The van der Waals surface area contributed by atoms with E-state index in [-0.39, 0.29) is 5.97 Å². The maximum Gasteiger partial charge on any atom is 0.308 e. The van der Waals surface area contributed by atoms with E-state index < -0.39 is 0 Å². The molecule has 72 valence electrons. The third-order valence-electron chi connectivity index (χ3n) is 1.26. The molecule has 0 radical (unpaired) electrons. The van der Waals surface area contributed by atoms with E-state index in [0.717, 1.165) is 5.57 Å². The van der Waals surface area contributed by atoms with E-state index >= 15 is 0 Å². The van der Waals surface area contributed by atoms with Crippen molar-refractivity contribution < 1.29 is 9.53 Å². The molecular formula is C10H15NO2. The molecule has 0 aliphatic carbocycles. The summed E-state index contributed by atoms with van der Waals surface area (Å²) in [6.45, 7) is 10.5. The van der Waals surface area contributed by atoms with Gasteiger partial charge >= 0.3 is 5.97 Å². The summed E-state index contributed by atoms with van der Waals surface area (Å²) in [5.41, 5.74) is 1.59. The molecule has 3 heteroatoms. The van der Waals surface area contributed by atoms with Gasteiger partial charge in [-0.1, -0.05) is 6.58 Å². The van der Waals surface area contributed by atoms with Gasteiger partial charge in [0.05, 0.1) is 0 Å². The largest absolute Gasteiger partial charge is 0.425 e. The number of ether oxygens (including phenoxy) is 1. The van der Waals surface area contributed by atoms with Crippen molar-refractivity contribution in [3.8, 4) is 0 Å². The molecule has 3 nitrogen and oxygen atoms in total. The van der Waals surface area contributed by atoms with Gasteiger partial charge in [-0.05, 0) is 26.3 Å². The van der Waals surface area contributed by atoms with Crippen LogP contribution in [-0.4, -0.2) is 12.2 Å². The van der Waals surface area contributed by atoms with Crippen LogP contribution in [0.4, 0.5) is 0 Å². The SMILES string of the molecule is C=C(OC(C)=O)C(/N=C\C)=C(C)C. The van der Waals surface area contributed by atoms with E-state index in [1.165, 1.54) is 6.92 Å². The molecule has 0 aromatic carbocycles. The van der Waals surface area contributed by atoms with Crippen molar-refractivity contribution in [3.63, 3.8) is 0 Å². The zero-order valence-corrected chi connectivity index (χ0v) is 8.55. The van der Waals surface area contributed by atoms with Crippen LogP contribution in [0.15, 0.2) is 28.6 Å². The summed E-state index contributed by atoms with van der Waals surface area (Å²) in [7, 11) is 0. The second kappa shape index (κ2) is 5.30. The van der Waals surface area contributed by atoms with Gasteiger partial charge in [-0.2, -0.15) is 0 Å². The number of nitrogens with zero attached hydrogens (tertiary/aromatic N) is 1. The molecule has 0 rings (SSSR count). The molecule has 0 aromatic rings. The van der Waals surface area contributed by atoms with E-state index in [1.807, 2.05) is 13.8 Å². The molecule has 0 saturated heterocycles. The molecule has 0 amide bonds. The third kappa shape index (κ3) is 4.25. The van der Waals surface area contributed by atoms with Crippen LogP contribution < -0.4 is 0 Å². The molecule has 0 saturated carbocycles. The fourth-order valence-electron chi connectivity index (χ4n) is 0.831. The highest BCUT2D eigenvalue weighted by atomic mass is 16.5. The van der Waals surface area contributed by atoms with Gasteiger partial charge in [-0.3, -0.25) is 9.79 Å². The van der Waals surface area contributed by atoms with Gasteiger partial charge in [0.15, 0.2) is 0 Å². The Morgan fingerprint density at radius 3 is 2.23 bits per heavy atom. The van der Waals surface area contributed by atoms with Crippen molar-refractivity contribution >= 4 is 12.2 Å². The fraction of sp³-hybridized carbons (Fsp3) is 0.400. The average molecular weight is 181 g/mol. The maximum atomic E-state index is 10.6. The summed E-state index contributed by atoms with van der Waals surface area (Å²) >= 11 is 0. The zero-order valence-electron chi connectivity index (χ0n) is 8.55. The lowest BCUT2D eigenvalue weighted by Crippen LogP contribution is -2.00. The van der Waals surface area contributed by atoms with Gasteiger partial charge in [0.2, 0.25) is 0 Å².